The Morgan fingerprint density at radius 2 is 1.84 bits per heavy atom. The zero-order valence-corrected chi connectivity index (χ0v) is 10.1. The van der Waals surface area contributed by atoms with E-state index < -0.39 is 23.8 Å². The molecule has 0 aromatic heterocycles. The highest BCUT2D eigenvalue weighted by Crippen LogP contribution is 2.34. The third-order valence-corrected chi connectivity index (χ3v) is 2.64. The van der Waals surface area contributed by atoms with E-state index in [1.807, 2.05) is 0 Å². The summed E-state index contributed by atoms with van der Waals surface area (Å²) in [6, 6.07) is 3.03. The molecule has 0 radical (unpaired) electrons. The van der Waals surface area contributed by atoms with Gasteiger partial charge < -0.3 is 9.64 Å². The van der Waals surface area contributed by atoms with Crippen LogP contribution in [0.15, 0.2) is 18.2 Å². The molecule has 1 heterocycles. The molecule has 4 nitrogen and oxygen atoms in total. The number of carbonyl (C=O) groups is 2. The van der Waals surface area contributed by atoms with Gasteiger partial charge in [-0.2, -0.15) is 0 Å². The molecule has 0 N–H and O–H groups in total. The molecule has 0 bridgehead atoms. The number of halogens is 3. The second kappa shape index (κ2) is 4.25. The predicted molar refractivity (Wildman–Crippen MR) is 60.1 cm³/mol. The molecular weight excluding hydrogens is 263 g/mol. The summed E-state index contributed by atoms with van der Waals surface area (Å²) >= 11 is 0. The first kappa shape index (κ1) is 13.4. The number of anilines is 1. The lowest BCUT2D eigenvalue weighted by molar-refractivity contribution is -0.274. The van der Waals surface area contributed by atoms with Gasteiger partial charge in [-0.15, -0.1) is 13.2 Å². The second-order valence-corrected chi connectivity index (χ2v) is 4.32. The topological polar surface area (TPSA) is 46.6 Å². The fraction of sp³-hybridized carbons (Fsp3) is 0.333. The highest BCUT2D eigenvalue weighted by atomic mass is 19.4. The van der Waals surface area contributed by atoms with E-state index in [1.165, 1.54) is 11.0 Å². The van der Waals surface area contributed by atoms with E-state index in [9.17, 15) is 22.8 Å². The third-order valence-electron chi connectivity index (χ3n) is 2.64. The van der Waals surface area contributed by atoms with E-state index in [1.54, 1.807) is 13.8 Å². The number of nitrogens with zero attached hydrogens (tertiary/aromatic N) is 1. The predicted octanol–water partition coefficient (Wildman–Crippen LogP) is 2.52. The molecule has 1 aromatic rings. The maximum absolute atomic E-state index is 12.1. The number of ketones is 1. The minimum Gasteiger partial charge on any atom is -0.406 e. The van der Waals surface area contributed by atoms with Gasteiger partial charge in [0.2, 0.25) is 0 Å². The standard InChI is InChI=1S/C12H10F3NO3/c1-6(2)16-9-4-3-7(19-12(13,14)15)5-8(9)10(17)11(16)18/h3-6H,1-2H3. The number of rotatable bonds is 2. The number of ether oxygens (including phenoxy) is 1. The van der Waals surface area contributed by atoms with Crippen molar-refractivity contribution in [1.82, 2.24) is 0 Å². The summed E-state index contributed by atoms with van der Waals surface area (Å²) in [5.41, 5.74) is 0.236. The Morgan fingerprint density at radius 3 is 2.37 bits per heavy atom. The van der Waals surface area contributed by atoms with Crippen LogP contribution in [-0.4, -0.2) is 24.1 Å². The van der Waals surface area contributed by atoms with Crippen LogP contribution in [0.3, 0.4) is 0 Å². The van der Waals surface area contributed by atoms with E-state index in [0.717, 1.165) is 12.1 Å². The van der Waals surface area contributed by atoms with Crippen molar-refractivity contribution in [1.29, 1.82) is 0 Å². The van der Waals surface area contributed by atoms with Gasteiger partial charge in [0.25, 0.3) is 11.7 Å². The third kappa shape index (κ3) is 2.40. The highest BCUT2D eigenvalue weighted by Gasteiger charge is 2.38. The molecule has 7 heteroatoms. The molecule has 0 spiro atoms. The van der Waals surface area contributed by atoms with Gasteiger partial charge in [-0.25, -0.2) is 0 Å². The van der Waals surface area contributed by atoms with Crippen LogP contribution >= 0.6 is 0 Å². The van der Waals surface area contributed by atoms with Crippen molar-refractivity contribution in [2.45, 2.75) is 26.3 Å². The molecule has 19 heavy (non-hydrogen) atoms. The number of carbonyl (C=O) groups excluding carboxylic acids is 2. The van der Waals surface area contributed by atoms with Crippen molar-refractivity contribution in [3.05, 3.63) is 23.8 Å². The largest absolute Gasteiger partial charge is 0.573 e. The Bertz CT molecular complexity index is 552. The lowest BCUT2D eigenvalue weighted by Crippen LogP contribution is -2.35. The van der Waals surface area contributed by atoms with Gasteiger partial charge >= 0.3 is 6.36 Å². The SMILES string of the molecule is CC(C)N1C(=O)C(=O)c2cc(OC(F)(F)F)ccc21. The molecule has 2 rings (SSSR count). The maximum Gasteiger partial charge on any atom is 0.573 e. The van der Waals surface area contributed by atoms with Crippen LogP contribution in [0, 0.1) is 0 Å². The summed E-state index contributed by atoms with van der Waals surface area (Å²) in [6.45, 7) is 3.42. The Morgan fingerprint density at radius 1 is 1.21 bits per heavy atom. The summed E-state index contributed by atoms with van der Waals surface area (Å²) in [6.07, 6.45) is -4.84. The molecule has 0 aliphatic carbocycles. The zero-order valence-electron chi connectivity index (χ0n) is 10.1. The van der Waals surface area contributed by atoms with Gasteiger partial charge in [0, 0.05) is 6.04 Å². The van der Waals surface area contributed by atoms with Crippen LogP contribution in [0.5, 0.6) is 5.75 Å². The van der Waals surface area contributed by atoms with Crippen molar-refractivity contribution in [3.8, 4) is 5.75 Å². The first-order valence-electron chi connectivity index (χ1n) is 5.48. The van der Waals surface area contributed by atoms with E-state index in [2.05, 4.69) is 4.74 Å². The summed E-state index contributed by atoms with van der Waals surface area (Å²) in [5, 5.41) is 0. The van der Waals surface area contributed by atoms with Crippen LogP contribution < -0.4 is 9.64 Å². The Hall–Kier alpha value is -2.05. The van der Waals surface area contributed by atoms with Crippen molar-refractivity contribution in [2.75, 3.05) is 4.90 Å². The lowest BCUT2D eigenvalue weighted by atomic mass is 10.1. The molecule has 0 saturated heterocycles. The smallest absolute Gasteiger partial charge is 0.406 e. The number of benzene rings is 1. The normalized spacial score (nSPS) is 15.2. The molecule has 0 fully saturated rings. The molecule has 1 aliphatic rings. The lowest BCUT2D eigenvalue weighted by Gasteiger charge is -2.20. The van der Waals surface area contributed by atoms with Crippen molar-refractivity contribution >= 4 is 17.4 Å². The van der Waals surface area contributed by atoms with Gasteiger partial charge in [0.15, 0.2) is 0 Å². The fourth-order valence-corrected chi connectivity index (χ4v) is 1.95. The van der Waals surface area contributed by atoms with Crippen molar-refractivity contribution in [2.24, 2.45) is 0 Å². The van der Waals surface area contributed by atoms with Crippen LogP contribution in [0.25, 0.3) is 0 Å². The van der Waals surface area contributed by atoms with E-state index in [-0.39, 0.29) is 11.6 Å². The molecule has 1 amide bonds. The first-order valence-corrected chi connectivity index (χ1v) is 5.48. The van der Waals surface area contributed by atoms with Crippen LogP contribution in [-0.2, 0) is 4.79 Å². The Labute approximate surface area is 106 Å². The molecule has 1 aromatic carbocycles. The summed E-state index contributed by atoms with van der Waals surface area (Å²) in [4.78, 5) is 24.7. The number of alkyl halides is 3. The van der Waals surface area contributed by atoms with Gasteiger partial charge in [-0.1, -0.05) is 0 Å². The average molecular weight is 273 g/mol. The quantitative estimate of drug-likeness (QED) is 0.778. The van der Waals surface area contributed by atoms with Gasteiger partial charge in [0.1, 0.15) is 5.75 Å². The molecule has 0 atom stereocenters. The fourth-order valence-electron chi connectivity index (χ4n) is 1.95. The summed E-state index contributed by atoms with van der Waals surface area (Å²) in [7, 11) is 0. The van der Waals surface area contributed by atoms with Crippen molar-refractivity contribution < 1.29 is 27.5 Å². The number of Topliss-reactive ketones (excluding diaryl/α,β-unsaturated/α-hetero) is 1. The molecule has 102 valence electrons. The minimum atomic E-state index is -4.84. The minimum absolute atomic E-state index is 0.0690. The number of amides is 1. The Balaban J connectivity index is 2.43. The van der Waals surface area contributed by atoms with Crippen LogP contribution in [0.2, 0.25) is 0 Å². The van der Waals surface area contributed by atoms with E-state index in [0.29, 0.717) is 5.69 Å². The van der Waals surface area contributed by atoms with Gasteiger partial charge in [0.05, 0.1) is 11.3 Å². The zero-order chi connectivity index (χ0) is 14.4. The second-order valence-electron chi connectivity index (χ2n) is 4.32. The van der Waals surface area contributed by atoms with E-state index >= 15 is 0 Å². The summed E-state index contributed by atoms with van der Waals surface area (Å²) in [5.74, 6) is -2.08. The number of fused-ring (bicyclic) bond motifs is 1. The molecule has 0 saturated carbocycles. The average Bonchev–Trinajstić information content (AvgIpc) is 2.50. The highest BCUT2D eigenvalue weighted by molar-refractivity contribution is 6.52. The molecule has 0 unspecified atom stereocenters. The summed E-state index contributed by atoms with van der Waals surface area (Å²) < 4.78 is 40.0. The first-order chi connectivity index (χ1) is 8.70. The van der Waals surface area contributed by atoms with Crippen molar-refractivity contribution in [3.63, 3.8) is 0 Å². The maximum atomic E-state index is 12.1. The van der Waals surface area contributed by atoms with Crippen LogP contribution in [0.1, 0.15) is 24.2 Å². The molecule has 1 aliphatic heterocycles. The Kier molecular flexibility index (Phi) is 3.00. The van der Waals surface area contributed by atoms with Gasteiger partial charge in [-0.05, 0) is 32.0 Å². The number of hydrogen-bond donors (Lipinski definition) is 0. The molecular formula is C12H10F3NO3. The monoisotopic (exact) mass is 273 g/mol. The number of hydrogen-bond acceptors (Lipinski definition) is 3. The van der Waals surface area contributed by atoms with Crippen LogP contribution in [0.4, 0.5) is 18.9 Å². The van der Waals surface area contributed by atoms with Gasteiger partial charge in [-0.3, -0.25) is 9.59 Å². The van der Waals surface area contributed by atoms with E-state index in [4.69, 9.17) is 0 Å².